The number of aliphatic hydroxyl groups is 1. The predicted molar refractivity (Wildman–Crippen MR) is 108 cm³/mol. The second-order valence-corrected chi connectivity index (χ2v) is 6.88. The molecule has 6 heteroatoms. The fraction of sp³-hybridized carbons (Fsp3) is 0.391. The van der Waals surface area contributed by atoms with Gasteiger partial charge in [0, 0.05) is 17.9 Å². The van der Waals surface area contributed by atoms with E-state index in [1.165, 1.54) is 0 Å². The Kier molecular flexibility index (Phi) is 6.54. The van der Waals surface area contributed by atoms with E-state index in [1.54, 1.807) is 26.0 Å². The fourth-order valence-electron chi connectivity index (χ4n) is 3.66. The van der Waals surface area contributed by atoms with Crippen molar-refractivity contribution in [2.45, 2.75) is 39.2 Å². The van der Waals surface area contributed by atoms with E-state index in [4.69, 9.17) is 19.3 Å². The molecule has 1 heterocycles. The van der Waals surface area contributed by atoms with Crippen LogP contribution in [0.2, 0.25) is 0 Å². The van der Waals surface area contributed by atoms with E-state index in [0.717, 1.165) is 11.1 Å². The molecule has 29 heavy (non-hydrogen) atoms. The highest BCUT2D eigenvalue weighted by Gasteiger charge is 2.36. The molecule has 1 aliphatic rings. The van der Waals surface area contributed by atoms with Crippen LogP contribution >= 0.6 is 0 Å². The Labute approximate surface area is 170 Å². The van der Waals surface area contributed by atoms with E-state index in [2.05, 4.69) is 0 Å². The third kappa shape index (κ3) is 4.27. The van der Waals surface area contributed by atoms with Crippen LogP contribution in [-0.2, 0) is 4.74 Å². The summed E-state index contributed by atoms with van der Waals surface area (Å²) >= 11 is 0. The summed E-state index contributed by atoms with van der Waals surface area (Å²) in [5, 5.41) is 8.99. The van der Waals surface area contributed by atoms with Crippen molar-refractivity contribution in [3.8, 4) is 11.5 Å². The number of carbonyl (C=O) groups excluding carboxylic acids is 2. The first-order chi connectivity index (χ1) is 14.0. The number of carbonyl (C=O) groups is 2. The molecule has 0 amide bonds. The van der Waals surface area contributed by atoms with Crippen LogP contribution in [0.1, 0.15) is 65.0 Å². The van der Waals surface area contributed by atoms with E-state index in [1.807, 2.05) is 31.2 Å². The summed E-state index contributed by atoms with van der Waals surface area (Å²) in [6.45, 7) is 5.86. The van der Waals surface area contributed by atoms with E-state index >= 15 is 0 Å². The van der Waals surface area contributed by atoms with E-state index in [9.17, 15) is 9.59 Å². The average Bonchev–Trinajstić information content (AvgIpc) is 3.07. The topological polar surface area (TPSA) is 82.1 Å². The maximum Gasteiger partial charge on any atom is 0.338 e. The molecule has 0 unspecified atom stereocenters. The van der Waals surface area contributed by atoms with Gasteiger partial charge in [0.25, 0.3) is 0 Å². The molecule has 0 saturated heterocycles. The zero-order valence-corrected chi connectivity index (χ0v) is 16.9. The molecule has 0 saturated carbocycles. The van der Waals surface area contributed by atoms with E-state index in [0.29, 0.717) is 29.0 Å². The van der Waals surface area contributed by atoms with Crippen molar-refractivity contribution < 1.29 is 28.9 Å². The summed E-state index contributed by atoms with van der Waals surface area (Å²) in [4.78, 5) is 24.9. The van der Waals surface area contributed by atoms with Crippen molar-refractivity contribution >= 4 is 11.8 Å². The van der Waals surface area contributed by atoms with Gasteiger partial charge in [0.15, 0.2) is 5.78 Å². The van der Waals surface area contributed by atoms with Crippen molar-refractivity contribution in [1.29, 1.82) is 0 Å². The third-order valence-corrected chi connectivity index (χ3v) is 4.94. The first-order valence-electron chi connectivity index (χ1n) is 9.88. The molecule has 2 aromatic carbocycles. The van der Waals surface area contributed by atoms with Gasteiger partial charge in [0.2, 0.25) is 0 Å². The number of fused-ring (bicyclic) bond motifs is 1. The molecule has 1 N–H and O–H groups in total. The van der Waals surface area contributed by atoms with Crippen LogP contribution in [0.3, 0.4) is 0 Å². The minimum absolute atomic E-state index is 0.0681. The van der Waals surface area contributed by atoms with Gasteiger partial charge < -0.3 is 19.3 Å². The van der Waals surface area contributed by atoms with Gasteiger partial charge in [0.1, 0.15) is 24.2 Å². The van der Waals surface area contributed by atoms with Crippen LogP contribution in [0.15, 0.2) is 36.4 Å². The van der Waals surface area contributed by atoms with Gasteiger partial charge in [0.05, 0.1) is 24.3 Å². The molecule has 0 spiro atoms. The van der Waals surface area contributed by atoms with Crippen LogP contribution in [-0.4, -0.2) is 42.8 Å². The van der Waals surface area contributed by atoms with Gasteiger partial charge in [-0.15, -0.1) is 0 Å². The second-order valence-electron chi connectivity index (χ2n) is 6.88. The summed E-state index contributed by atoms with van der Waals surface area (Å²) in [7, 11) is 0. The molecular formula is C23H26O6. The summed E-state index contributed by atoms with van der Waals surface area (Å²) in [5.74, 6) is 0.465. The maximum atomic E-state index is 12.6. The fourth-order valence-corrected chi connectivity index (χ4v) is 3.66. The Bertz CT molecular complexity index is 904. The summed E-state index contributed by atoms with van der Waals surface area (Å²) in [6.07, 6.45) is 0.0879. The number of aliphatic hydroxyl groups excluding tert-OH is 1. The summed E-state index contributed by atoms with van der Waals surface area (Å²) in [6, 6.07) is 10.9. The van der Waals surface area contributed by atoms with E-state index < -0.39 is 5.97 Å². The lowest BCUT2D eigenvalue weighted by molar-refractivity contribution is 0.0526. The zero-order valence-electron chi connectivity index (χ0n) is 16.9. The Morgan fingerprint density at radius 2 is 1.97 bits per heavy atom. The maximum absolute atomic E-state index is 12.6. The molecular weight excluding hydrogens is 372 g/mol. The molecule has 0 fully saturated rings. The number of hydrogen-bond donors (Lipinski definition) is 1. The number of ketones is 1. The average molecular weight is 398 g/mol. The lowest BCUT2D eigenvalue weighted by Crippen LogP contribution is -2.15. The van der Waals surface area contributed by atoms with Gasteiger partial charge in [-0.1, -0.05) is 19.1 Å². The minimum Gasteiger partial charge on any atom is -0.491 e. The number of benzene rings is 2. The van der Waals surface area contributed by atoms with Gasteiger partial charge in [-0.05, 0) is 43.7 Å². The van der Waals surface area contributed by atoms with Crippen LogP contribution in [0.25, 0.3) is 0 Å². The molecule has 154 valence electrons. The van der Waals surface area contributed by atoms with Crippen LogP contribution in [0, 0.1) is 0 Å². The van der Waals surface area contributed by atoms with Crippen LogP contribution in [0.4, 0.5) is 0 Å². The minimum atomic E-state index is -0.459. The Hall–Kier alpha value is -2.86. The highest BCUT2D eigenvalue weighted by Crippen LogP contribution is 2.45. The standard InChI is InChI=1S/C23H26O6/c1-4-20(25)18-12-16(23(26)27-5-2)13-19-21(14(3)29-22(18)19)15-7-6-8-17(11-15)28-10-9-24/h6-8,11-14,21,24H,4-5,9-10H2,1-3H3/t14-,21+/m1/s1. The lowest BCUT2D eigenvalue weighted by atomic mass is 9.86. The number of esters is 1. The molecule has 2 atom stereocenters. The number of hydrogen-bond acceptors (Lipinski definition) is 6. The molecule has 0 aliphatic carbocycles. The quantitative estimate of drug-likeness (QED) is 0.539. The Balaban J connectivity index is 2.09. The monoisotopic (exact) mass is 398 g/mol. The molecule has 2 aromatic rings. The van der Waals surface area contributed by atoms with Crippen LogP contribution in [0.5, 0.6) is 11.5 Å². The highest BCUT2D eigenvalue weighted by molar-refractivity contribution is 6.02. The van der Waals surface area contributed by atoms with Gasteiger partial charge in [-0.2, -0.15) is 0 Å². The number of ether oxygens (including phenoxy) is 3. The largest absolute Gasteiger partial charge is 0.491 e. The SMILES string of the molecule is CCOC(=O)c1cc(C(=O)CC)c2c(c1)[C@H](c1cccc(OCCO)c1)[C@@H](C)O2. The summed E-state index contributed by atoms with van der Waals surface area (Å²) < 4.78 is 16.8. The van der Waals surface area contributed by atoms with E-state index in [-0.39, 0.29) is 37.6 Å². The Morgan fingerprint density at radius 1 is 1.17 bits per heavy atom. The van der Waals surface area contributed by atoms with Crippen molar-refractivity contribution in [2.75, 3.05) is 19.8 Å². The van der Waals surface area contributed by atoms with Gasteiger partial charge in [-0.3, -0.25) is 4.79 Å². The molecule has 1 aliphatic heterocycles. The number of rotatable bonds is 8. The van der Waals surface area contributed by atoms with Crippen molar-refractivity contribution in [2.24, 2.45) is 0 Å². The first kappa shape index (κ1) is 20.9. The molecule has 0 bridgehead atoms. The normalized spacial score (nSPS) is 17.4. The van der Waals surface area contributed by atoms with Crippen LogP contribution < -0.4 is 9.47 Å². The summed E-state index contributed by atoms with van der Waals surface area (Å²) in [5.41, 5.74) is 2.50. The number of Topliss-reactive ketones (excluding diaryl/α,β-unsaturated/α-hetero) is 1. The molecule has 3 rings (SSSR count). The predicted octanol–water partition coefficient (Wildman–Crippen LogP) is 3.74. The second kappa shape index (κ2) is 9.09. The third-order valence-electron chi connectivity index (χ3n) is 4.94. The highest BCUT2D eigenvalue weighted by atomic mass is 16.5. The van der Waals surface area contributed by atoms with Crippen molar-refractivity contribution in [3.63, 3.8) is 0 Å². The van der Waals surface area contributed by atoms with Gasteiger partial charge >= 0.3 is 5.97 Å². The molecule has 0 aromatic heterocycles. The Morgan fingerprint density at radius 3 is 2.66 bits per heavy atom. The first-order valence-corrected chi connectivity index (χ1v) is 9.88. The smallest absolute Gasteiger partial charge is 0.338 e. The van der Waals surface area contributed by atoms with Gasteiger partial charge in [-0.25, -0.2) is 4.79 Å². The molecule has 6 nitrogen and oxygen atoms in total. The van der Waals surface area contributed by atoms with Crippen molar-refractivity contribution in [3.05, 3.63) is 58.7 Å². The molecule has 0 radical (unpaired) electrons. The van der Waals surface area contributed by atoms with Crippen molar-refractivity contribution in [1.82, 2.24) is 0 Å². The lowest BCUT2D eigenvalue weighted by Gasteiger charge is -2.17. The zero-order chi connectivity index (χ0) is 21.0.